The number of fused-ring (bicyclic) bond motifs is 1. The summed E-state index contributed by atoms with van der Waals surface area (Å²) in [6.45, 7) is 6.52. The standard InChI is InChI=1S/C20H24N4O2/c1-13-14(2)22-18-12-16(6-7-17(18)21-13)20(26)24-9-3-8-23(10-11-24)19(25)15-4-5-15/h6-7,12,15H,3-5,8-11H2,1-2H3. The van der Waals surface area contributed by atoms with Gasteiger partial charge in [0, 0.05) is 37.7 Å². The fourth-order valence-electron chi connectivity index (χ4n) is 3.48. The van der Waals surface area contributed by atoms with Crippen molar-refractivity contribution in [2.75, 3.05) is 26.2 Å². The van der Waals surface area contributed by atoms with Crippen LogP contribution in [-0.4, -0.2) is 57.8 Å². The van der Waals surface area contributed by atoms with Crippen molar-refractivity contribution in [1.29, 1.82) is 0 Å². The maximum absolute atomic E-state index is 12.9. The van der Waals surface area contributed by atoms with Gasteiger partial charge in [-0.05, 0) is 51.3 Å². The van der Waals surface area contributed by atoms with Crippen LogP contribution in [0.2, 0.25) is 0 Å². The van der Waals surface area contributed by atoms with E-state index in [9.17, 15) is 9.59 Å². The molecule has 26 heavy (non-hydrogen) atoms. The predicted octanol–water partition coefficient (Wildman–Crippen LogP) is 2.33. The van der Waals surface area contributed by atoms with Crippen LogP contribution in [0.1, 0.15) is 41.0 Å². The SMILES string of the molecule is Cc1nc2ccc(C(=O)N3CCCN(C(=O)C4CC4)CC3)cc2nc1C. The average molecular weight is 352 g/mol. The lowest BCUT2D eigenvalue weighted by atomic mass is 10.1. The fraction of sp³-hybridized carbons (Fsp3) is 0.500. The van der Waals surface area contributed by atoms with E-state index >= 15 is 0 Å². The van der Waals surface area contributed by atoms with E-state index in [1.54, 1.807) is 0 Å². The lowest BCUT2D eigenvalue weighted by Gasteiger charge is -2.22. The molecule has 6 heteroatoms. The van der Waals surface area contributed by atoms with E-state index in [-0.39, 0.29) is 17.7 Å². The molecule has 2 aromatic rings. The summed E-state index contributed by atoms with van der Waals surface area (Å²) in [6, 6.07) is 5.52. The highest BCUT2D eigenvalue weighted by Gasteiger charge is 2.34. The molecule has 2 fully saturated rings. The molecule has 0 N–H and O–H groups in total. The largest absolute Gasteiger partial charge is 0.341 e. The summed E-state index contributed by atoms with van der Waals surface area (Å²) in [6.07, 6.45) is 2.87. The Morgan fingerprint density at radius 3 is 2.31 bits per heavy atom. The summed E-state index contributed by atoms with van der Waals surface area (Å²) in [4.78, 5) is 38.1. The number of carbonyl (C=O) groups is 2. The molecule has 1 aliphatic carbocycles. The van der Waals surface area contributed by atoms with Gasteiger partial charge in [-0.1, -0.05) is 0 Å². The molecule has 1 aromatic heterocycles. The summed E-state index contributed by atoms with van der Waals surface area (Å²) < 4.78 is 0. The zero-order valence-corrected chi connectivity index (χ0v) is 15.4. The van der Waals surface area contributed by atoms with Gasteiger partial charge in [0.1, 0.15) is 0 Å². The Morgan fingerprint density at radius 2 is 1.58 bits per heavy atom. The molecular formula is C20H24N4O2. The van der Waals surface area contributed by atoms with Crippen LogP contribution in [0.15, 0.2) is 18.2 Å². The summed E-state index contributed by atoms with van der Waals surface area (Å²) in [5, 5.41) is 0. The van der Waals surface area contributed by atoms with Crippen LogP contribution in [-0.2, 0) is 4.79 Å². The van der Waals surface area contributed by atoms with Gasteiger partial charge < -0.3 is 9.80 Å². The molecule has 2 heterocycles. The van der Waals surface area contributed by atoms with E-state index < -0.39 is 0 Å². The Bertz CT molecular complexity index is 875. The second-order valence-corrected chi connectivity index (χ2v) is 7.34. The van der Waals surface area contributed by atoms with Gasteiger partial charge in [-0.3, -0.25) is 9.59 Å². The molecule has 0 atom stereocenters. The van der Waals surface area contributed by atoms with E-state index in [4.69, 9.17) is 0 Å². The summed E-state index contributed by atoms with van der Waals surface area (Å²) in [5.41, 5.74) is 3.98. The minimum atomic E-state index is 0.00708. The number of carbonyl (C=O) groups excluding carboxylic acids is 2. The predicted molar refractivity (Wildman–Crippen MR) is 98.8 cm³/mol. The van der Waals surface area contributed by atoms with Gasteiger partial charge >= 0.3 is 0 Å². The zero-order valence-electron chi connectivity index (χ0n) is 15.4. The molecule has 0 radical (unpaired) electrons. The highest BCUT2D eigenvalue weighted by atomic mass is 16.2. The number of hydrogen-bond donors (Lipinski definition) is 0. The van der Waals surface area contributed by atoms with E-state index in [0.717, 1.165) is 48.2 Å². The Hall–Kier alpha value is -2.50. The van der Waals surface area contributed by atoms with Gasteiger partial charge in [0.25, 0.3) is 5.91 Å². The van der Waals surface area contributed by atoms with Gasteiger partial charge in [-0.15, -0.1) is 0 Å². The molecule has 6 nitrogen and oxygen atoms in total. The number of hydrogen-bond acceptors (Lipinski definition) is 4. The molecule has 0 unspecified atom stereocenters. The van der Waals surface area contributed by atoms with E-state index in [1.165, 1.54) is 0 Å². The van der Waals surface area contributed by atoms with Gasteiger partial charge in [0.15, 0.2) is 0 Å². The number of aromatic nitrogens is 2. The third-order valence-electron chi connectivity index (χ3n) is 5.34. The summed E-state index contributed by atoms with van der Waals surface area (Å²) >= 11 is 0. The van der Waals surface area contributed by atoms with Crippen LogP contribution in [0, 0.1) is 19.8 Å². The van der Waals surface area contributed by atoms with Crippen molar-refractivity contribution in [3.8, 4) is 0 Å². The van der Waals surface area contributed by atoms with Gasteiger partial charge in [0.05, 0.1) is 22.4 Å². The number of benzene rings is 1. The summed E-state index contributed by atoms with van der Waals surface area (Å²) in [7, 11) is 0. The van der Waals surface area contributed by atoms with Gasteiger partial charge in [-0.25, -0.2) is 9.97 Å². The lowest BCUT2D eigenvalue weighted by Crippen LogP contribution is -2.38. The minimum absolute atomic E-state index is 0.00708. The summed E-state index contributed by atoms with van der Waals surface area (Å²) in [5.74, 6) is 0.516. The van der Waals surface area contributed by atoms with Crippen LogP contribution in [0.3, 0.4) is 0 Å². The quantitative estimate of drug-likeness (QED) is 0.832. The average Bonchev–Trinajstić information content (AvgIpc) is 3.48. The van der Waals surface area contributed by atoms with Crippen molar-refractivity contribution in [3.63, 3.8) is 0 Å². The fourth-order valence-corrected chi connectivity index (χ4v) is 3.48. The number of amides is 2. The van der Waals surface area contributed by atoms with Crippen LogP contribution in [0.5, 0.6) is 0 Å². The molecule has 0 bridgehead atoms. The van der Waals surface area contributed by atoms with Gasteiger partial charge in [0.2, 0.25) is 5.91 Å². The maximum Gasteiger partial charge on any atom is 0.253 e. The van der Waals surface area contributed by atoms with Crippen molar-refractivity contribution in [2.45, 2.75) is 33.1 Å². The second kappa shape index (κ2) is 6.67. The molecular weight excluding hydrogens is 328 g/mol. The third-order valence-corrected chi connectivity index (χ3v) is 5.34. The van der Waals surface area contributed by atoms with E-state index in [2.05, 4.69) is 9.97 Å². The van der Waals surface area contributed by atoms with E-state index in [1.807, 2.05) is 41.8 Å². The monoisotopic (exact) mass is 352 g/mol. The molecule has 4 rings (SSSR count). The second-order valence-electron chi connectivity index (χ2n) is 7.34. The van der Waals surface area contributed by atoms with Crippen LogP contribution in [0.25, 0.3) is 11.0 Å². The van der Waals surface area contributed by atoms with Crippen molar-refractivity contribution in [3.05, 3.63) is 35.2 Å². The van der Waals surface area contributed by atoms with Crippen LogP contribution >= 0.6 is 0 Å². The van der Waals surface area contributed by atoms with Gasteiger partial charge in [-0.2, -0.15) is 0 Å². The lowest BCUT2D eigenvalue weighted by molar-refractivity contribution is -0.132. The van der Waals surface area contributed by atoms with Crippen molar-refractivity contribution in [2.24, 2.45) is 5.92 Å². The molecule has 2 aliphatic rings. The maximum atomic E-state index is 12.9. The molecule has 1 aliphatic heterocycles. The first kappa shape index (κ1) is 16.9. The normalized spacial score (nSPS) is 18.1. The number of nitrogens with zero attached hydrogens (tertiary/aromatic N) is 4. The van der Waals surface area contributed by atoms with Crippen LogP contribution < -0.4 is 0 Å². The van der Waals surface area contributed by atoms with Crippen molar-refractivity contribution in [1.82, 2.24) is 19.8 Å². The molecule has 1 saturated carbocycles. The topological polar surface area (TPSA) is 66.4 Å². The Labute approximate surface area is 153 Å². The Kier molecular flexibility index (Phi) is 4.34. The molecule has 1 saturated heterocycles. The smallest absolute Gasteiger partial charge is 0.253 e. The molecule has 0 spiro atoms. The van der Waals surface area contributed by atoms with E-state index in [0.29, 0.717) is 25.2 Å². The number of rotatable bonds is 2. The number of aryl methyl sites for hydroxylation is 2. The van der Waals surface area contributed by atoms with Crippen molar-refractivity contribution < 1.29 is 9.59 Å². The highest BCUT2D eigenvalue weighted by molar-refractivity contribution is 5.97. The molecule has 2 amide bonds. The van der Waals surface area contributed by atoms with Crippen molar-refractivity contribution >= 4 is 22.8 Å². The highest BCUT2D eigenvalue weighted by Crippen LogP contribution is 2.31. The minimum Gasteiger partial charge on any atom is -0.341 e. The first-order valence-corrected chi connectivity index (χ1v) is 9.36. The molecule has 136 valence electrons. The first-order valence-electron chi connectivity index (χ1n) is 9.36. The van der Waals surface area contributed by atoms with Crippen LogP contribution in [0.4, 0.5) is 0 Å². The molecule has 1 aromatic carbocycles. The third kappa shape index (κ3) is 3.28. The Morgan fingerprint density at radius 1 is 0.923 bits per heavy atom. The first-order chi connectivity index (χ1) is 12.5. The Balaban J connectivity index is 1.50. The zero-order chi connectivity index (χ0) is 18.3.